The van der Waals surface area contributed by atoms with Crippen LogP contribution in [0.25, 0.3) is 0 Å². The summed E-state index contributed by atoms with van der Waals surface area (Å²) in [6.45, 7) is 0. The molecule has 0 rings (SSSR count). The topological polar surface area (TPSA) is 94.8 Å². The number of aliphatic hydroxyl groups is 2. The molecule has 2 atom stereocenters. The van der Waals surface area contributed by atoms with E-state index in [0.29, 0.717) is 0 Å². The largest absolute Gasteiger partial charge is 0.481 e. The Morgan fingerprint density at radius 2 is 2.00 bits per heavy atom. The van der Waals surface area contributed by atoms with Gasteiger partial charge in [-0.15, -0.1) is 0 Å². The lowest BCUT2D eigenvalue weighted by Gasteiger charge is -2.07. The number of carboxylic acid groups (broad SMARTS) is 1. The molecular formula is C5H7O5. The highest BCUT2D eigenvalue weighted by Gasteiger charge is 2.18. The molecule has 5 nitrogen and oxygen atoms in total. The molecule has 0 aromatic heterocycles. The minimum absolute atomic E-state index is 0.656. The maximum absolute atomic E-state index is 9.83. The first kappa shape index (κ1) is 9.06. The molecule has 0 saturated heterocycles. The number of hydrogen-bond donors (Lipinski definition) is 3. The van der Waals surface area contributed by atoms with Crippen molar-refractivity contribution in [1.29, 1.82) is 0 Å². The number of carboxylic acids is 1. The van der Waals surface area contributed by atoms with Gasteiger partial charge in [-0.2, -0.15) is 0 Å². The molecular weight excluding hydrogens is 140 g/mol. The second kappa shape index (κ2) is 3.97. The van der Waals surface area contributed by atoms with E-state index in [1.807, 2.05) is 0 Å². The van der Waals surface area contributed by atoms with Gasteiger partial charge in [-0.3, -0.25) is 9.59 Å². The zero-order valence-electron chi connectivity index (χ0n) is 5.02. The van der Waals surface area contributed by atoms with Crippen molar-refractivity contribution in [2.45, 2.75) is 18.6 Å². The van der Waals surface area contributed by atoms with Crippen LogP contribution in [0.3, 0.4) is 0 Å². The molecule has 0 aliphatic heterocycles. The third-order valence-corrected chi connectivity index (χ3v) is 0.869. The normalized spacial score (nSPS) is 15.8. The third kappa shape index (κ3) is 3.16. The summed E-state index contributed by atoms with van der Waals surface area (Å²) in [5.41, 5.74) is 0. The lowest BCUT2D eigenvalue weighted by atomic mass is 10.1. The number of aliphatic carboxylic acids is 1. The Kier molecular flexibility index (Phi) is 3.60. The monoisotopic (exact) mass is 147 g/mol. The van der Waals surface area contributed by atoms with Crippen molar-refractivity contribution in [3.63, 3.8) is 0 Å². The van der Waals surface area contributed by atoms with E-state index in [0.717, 1.165) is 6.29 Å². The van der Waals surface area contributed by atoms with Gasteiger partial charge < -0.3 is 15.3 Å². The van der Waals surface area contributed by atoms with Gasteiger partial charge in [0.1, 0.15) is 6.10 Å². The minimum atomic E-state index is -1.73. The van der Waals surface area contributed by atoms with E-state index >= 15 is 0 Å². The average Bonchev–Trinajstić information content (AvgIpc) is 1.85. The molecule has 0 aromatic carbocycles. The number of carbonyl (C=O) groups is 1. The van der Waals surface area contributed by atoms with Crippen molar-refractivity contribution in [3.8, 4) is 0 Å². The Morgan fingerprint density at radius 3 is 2.30 bits per heavy atom. The van der Waals surface area contributed by atoms with Gasteiger partial charge in [-0.05, 0) is 0 Å². The number of aliphatic hydroxyl groups excluding tert-OH is 2. The van der Waals surface area contributed by atoms with Gasteiger partial charge in [0.2, 0.25) is 6.29 Å². The number of carbonyl (C=O) groups excluding carboxylic acids is 1. The van der Waals surface area contributed by atoms with Crippen LogP contribution < -0.4 is 0 Å². The second-order valence-corrected chi connectivity index (χ2v) is 1.73. The number of hydrogen-bond acceptors (Lipinski definition) is 4. The van der Waals surface area contributed by atoms with E-state index < -0.39 is 24.6 Å². The van der Waals surface area contributed by atoms with Crippen LogP contribution in [0.4, 0.5) is 0 Å². The molecule has 0 heterocycles. The Labute approximate surface area is 56.9 Å². The van der Waals surface area contributed by atoms with Crippen LogP contribution >= 0.6 is 0 Å². The maximum Gasteiger partial charge on any atom is 0.306 e. The summed E-state index contributed by atoms with van der Waals surface area (Å²) in [7, 11) is 0. The molecule has 0 spiro atoms. The molecule has 5 heteroatoms. The highest BCUT2D eigenvalue weighted by molar-refractivity contribution is 5.69. The van der Waals surface area contributed by atoms with Crippen LogP contribution in [0.5, 0.6) is 0 Å². The van der Waals surface area contributed by atoms with E-state index in [1.165, 1.54) is 0 Å². The first-order valence-electron chi connectivity index (χ1n) is 2.53. The molecule has 1 radical (unpaired) electrons. The smallest absolute Gasteiger partial charge is 0.306 e. The highest BCUT2D eigenvalue weighted by Crippen LogP contribution is 1.95. The van der Waals surface area contributed by atoms with Crippen molar-refractivity contribution in [3.05, 3.63) is 0 Å². The second-order valence-electron chi connectivity index (χ2n) is 1.73. The Morgan fingerprint density at radius 1 is 1.50 bits per heavy atom. The SMILES string of the molecule is O=[C]C(O)C(O)CC(=O)O. The van der Waals surface area contributed by atoms with Crippen LogP contribution in [-0.2, 0) is 9.59 Å². The molecule has 0 fully saturated rings. The Bertz CT molecular complexity index is 132. The first-order valence-corrected chi connectivity index (χ1v) is 2.53. The summed E-state index contributed by atoms with van der Waals surface area (Å²) in [4.78, 5) is 19.4. The molecule has 0 saturated carbocycles. The fraction of sp³-hybridized carbons (Fsp3) is 0.600. The molecule has 10 heavy (non-hydrogen) atoms. The van der Waals surface area contributed by atoms with Crippen molar-refractivity contribution < 1.29 is 24.9 Å². The van der Waals surface area contributed by atoms with Gasteiger partial charge in [-0.1, -0.05) is 0 Å². The zero-order chi connectivity index (χ0) is 8.15. The van der Waals surface area contributed by atoms with E-state index in [1.54, 1.807) is 0 Å². The van der Waals surface area contributed by atoms with E-state index in [-0.39, 0.29) is 0 Å². The summed E-state index contributed by atoms with van der Waals surface area (Å²) in [5, 5.41) is 25.1. The van der Waals surface area contributed by atoms with Crippen LogP contribution in [-0.4, -0.2) is 39.8 Å². The lowest BCUT2D eigenvalue weighted by Crippen LogP contribution is -2.29. The van der Waals surface area contributed by atoms with Gasteiger partial charge in [0, 0.05) is 0 Å². The molecule has 57 valence electrons. The number of rotatable bonds is 4. The molecule has 3 N–H and O–H groups in total. The predicted octanol–water partition coefficient (Wildman–Crippen LogP) is -1.71. The average molecular weight is 147 g/mol. The molecule has 0 amide bonds. The minimum Gasteiger partial charge on any atom is -0.481 e. The van der Waals surface area contributed by atoms with Crippen LogP contribution in [0.1, 0.15) is 6.42 Å². The summed E-state index contributed by atoms with van der Waals surface area (Å²) >= 11 is 0. The molecule has 0 bridgehead atoms. The molecule has 0 aliphatic rings. The third-order valence-electron chi connectivity index (χ3n) is 0.869. The Balaban J connectivity index is 3.71. The van der Waals surface area contributed by atoms with Crippen LogP contribution in [0.2, 0.25) is 0 Å². The highest BCUT2D eigenvalue weighted by atomic mass is 16.4. The van der Waals surface area contributed by atoms with Gasteiger partial charge in [0.25, 0.3) is 0 Å². The fourth-order valence-corrected chi connectivity index (χ4v) is 0.369. The van der Waals surface area contributed by atoms with E-state index in [9.17, 15) is 9.59 Å². The van der Waals surface area contributed by atoms with Gasteiger partial charge in [0.15, 0.2) is 0 Å². The van der Waals surface area contributed by atoms with Crippen molar-refractivity contribution >= 4 is 12.3 Å². The van der Waals surface area contributed by atoms with E-state index in [4.69, 9.17) is 15.3 Å². The molecule has 0 aliphatic carbocycles. The summed E-state index contributed by atoms with van der Waals surface area (Å²) < 4.78 is 0. The van der Waals surface area contributed by atoms with Gasteiger partial charge >= 0.3 is 5.97 Å². The zero-order valence-corrected chi connectivity index (χ0v) is 5.02. The maximum atomic E-state index is 9.83. The van der Waals surface area contributed by atoms with Crippen molar-refractivity contribution in [2.75, 3.05) is 0 Å². The van der Waals surface area contributed by atoms with Crippen LogP contribution in [0, 0.1) is 0 Å². The summed E-state index contributed by atoms with van der Waals surface area (Å²) in [5.74, 6) is -1.28. The van der Waals surface area contributed by atoms with Gasteiger partial charge in [-0.25, -0.2) is 0 Å². The first-order chi connectivity index (χ1) is 4.57. The van der Waals surface area contributed by atoms with E-state index in [2.05, 4.69) is 0 Å². The molecule has 2 unspecified atom stereocenters. The van der Waals surface area contributed by atoms with Crippen LogP contribution in [0.15, 0.2) is 0 Å². The van der Waals surface area contributed by atoms with Crippen molar-refractivity contribution in [2.24, 2.45) is 0 Å². The summed E-state index contributed by atoms with van der Waals surface area (Å²) in [6.07, 6.45) is -2.88. The summed E-state index contributed by atoms with van der Waals surface area (Å²) in [6, 6.07) is 0. The fourth-order valence-electron chi connectivity index (χ4n) is 0.369. The van der Waals surface area contributed by atoms with Crippen molar-refractivity contribution in [1.82, 2.24) is 0 Å². The predicted molar refractivity (Wildman–Crippen MR) is 30.0 cm³/mol. The molecule has 0 aromatic rings. The Hall–Kier alpha value is -0.940. The van der Waals surface area contributed by atoms with Gasteiger partial charge in [0.05, 0.1) is 12.5 Å². The standard InChI is InChI=1S/C5H7O5/c6-2-4(8)3(7)1-5(9)10/h3-4,7-8H,1H2,(H,9,10). The quantitative estimate of drug-likeness (QED) is 0.440. The lowest BCUT2D eigenvalue weighted by molar-refractivity contribution is -0.140.